The van der Waals surface area contributed by atoms with Gasteiger partial charge < -0.3 is 10.1 Å². The maximum absolute atomic E-state index is 12.5. The molecule has 0 fully saturated rings. The molecule has 25 heavy (non-hydrogen) atoms. The molecule has 128 valence electrons. The number of methoxy groups -OCH3 is 1. The van der Waals surface area contributed by atoms with Crippen LogP contribution in [0.25, 0.3) is 11.0 Å². The molecule has 0 aliphatic carbocycles. The second kappa shape index (κ2) is 6.19. The van der Waals surface area contributed by atoms with E-state index in [1.165, 1.54) is 31.5 Å². The number of nitrogens with zero attached hydrogens (tertiary/aromatic N) is 4. The van der Waals surface area contributed by atoms with Crippen molar-refractivity contribution >= 4 is 28.3 Å². The van der Waals surface area contributed by atoms with E-state index in [4.69, 9.17) is 4.74 Å². The summed E-state index contributed by atoms with van der Waals surface area (Å²) in [6, 6.07) is 5.67. The number of carbonyl (C=O) groups excluding carboxylic acids is 1. The van der Waals surface area contributed by atoms with Crippen LogP contribution >= 0.6 is 0 Å². The first-order valence-electron chi connectivity index (χ1n) is 7.34. The van der Waals surface area contributed by atoms with Crippen molar-refractivity contribution in [1.29, 1.82) is 0 Å². The van der Waals surface area contributed by atoms with E-state index in [-0.39, 0.29) is 11.4 Å². The van der Waals surface area contributed by atoms with Crippen LogP contribution in [0.1, 0.15) is 16.1 Å². The number of anilines is 1. The van der Waals surface area contributed by atoms with Gasteiger partial charge in [-0.05, 0) is 19.1 Å². The van der Waals surface area contributed by atoms with E-state index in [0.717, 1.165) is 11.1 Å². The highest BCUT2D eigenvalue weighted by atomic mass is 16.6. The zero-order valence-corrected chi connectivity index (χ0v) is 13.8. The largest absolute Gasteiger partial charge is 0.495 e. The molecule has 0 saturated heterocycles. The van der Waals surface area contributed by atoms with Gasteiger partial charge >= 0.3 is 0 Å². The highest BCUT2D eigenvalue weighted by molar-refractivity contribution is 6.06. The van der Waals surface area contributed by atoms with Crippen molar-refractivity contribution in [2.24, 2.45) is 7.05 Å². The van der Waals surface area contributed by atoms with Crippen LogP contribution in [0.4, 0.5) is 11.4 Å². The molecule has 2 aromatic heterocycles. The second-order valence-electron chi connectivity index (χ2n) is 5.40. The maximum atomic E-state index is 12.5. The molecule has 1 N–H and O–H groups in total. The highest BCUT2D eigenvalue weighted by Gasteiger charge is 2.16. The molecular formula is C16H15N5O4. The summed E-state index contributed by atoms with van der Waals surface area (Å²) >= 11 is 0. The molecule has 9 heteroatoms. The van der Waals surface area contributed by atoms with E-state index >= 15 is 0 Å². The molecular weight excluding hydrogens is 326 g/mol. The number of amides is 1. The molecule has 0 atom stereocenters. The fraction of sp³-hybridized carbons (Fsp3) is 0.188. The SMILES string of the molecule is COc1ccc([N+](=O)[O-])cc1NC(=O)c1cnc2c(c1)c(C)nn2C. The number of carbonyl (C=O) groups is 1. The third kappa shape index (κ3) is 2.99. The maximum Gasteiger partial charge on any atom is 0.271 e. The lowest BCUT2D eigenvalue weighted by molar-refractivity contribution is -0.384. The quantitative estimate of drug-likeness (QED) is 0.576. The van der Waals surface area contributed by atoms with Crippen molar-refractivity contribution in [2.75, 3.05) is 12.4 Å². The molecule has 1 amide bonds. The summed E-state index contributed by atoms with van der Waals surface area (Å²) in [5, 5.41) is 18.6. The Bertz CT molecular complexity index is 996. The average molecular weight is 341 g/mol. The molecule has 9 nitrogen and oxygen atoms in total. The first-order chi connectivity index (χ1) is 11.9. The molecule has 0 unspecified atom stereocenters. The van der Waals surface area contributed by atoms with Crippen LogP contribution in [0.5, 0.6) is 5.75 Å². The van der Waals surface area contributed by atoms with Crippen molar-refractivity contribution < 1.29 is 14.5 Å². The lowest BCUT2D eigenvalue weighted by Crippen LogP contribution is -2.13. The van der Waals surface area contributed by atoms with Gasteiger partial charge in [0.05, 0.1) is 29.0 Å². The van der Waals surface area contributed by atoms with Gasteiger partial charge in [0.15, 0.2) is 5.65 Å². The molecule has 3 aromatic rings. The summed E-state index contributed by atoms with van der Waals surface area (Å²) < 4.78 is 6.78. The van der Waals surface area contributed by atoms with E-state index in [9.17, 15) is 14.9 Å². The Morgan fingerprint density at radius 2 is 2.12 bits per heavy atom. The number of pyridine rings is 1. The Morgan fingerprint density at radius 3 is 2.80 bits per heavy atom. The predicted molar refractivity (Wildman–Crippen MR) is 90.8 cm³/mol. The third-order valence-corrected chi connectivity index (χ3v) is 3.77. The number of fused-ring (bicyclic) bond motifs is 1. The first kappa shape index (κ1) is 16.4. The van der Waals surface area contributed by atoms with Gasteiger partial charge in [0.2, 0.25) is 0 Å². The second-order valence-corrected chi connectivity index (χ2v) is 5.40. The van der Waals surface area contributed by atoms with Crippen LogP contribution in [0, 0.1) is 17.0 Å². The summed E-state index contributed by atoms with van der Waals surface area (Å²) in [5.74, 6) is -0.123. The fourth-order valence-corrected chi connectivity index (χ4v) is 2.53. The number of ether oxygens (including phenoxy) is 1. The van der Waals surface area contributed by atoms with Crippen LogP contribution in [-0.4, -0.2) is 32.7 Å². The number of hydrogen-bond acceptors (Lipinski definition) is 6. The van der Waals surface area contributed by atoms with E-state index in [1.807, 2.05) is 6.92 Å². The number of benzene rings is 1. The summed E-state index contributed by atoms with van der Waals surface area (Å²) in [6.45, 7) is 1.83. The smallest absolute Gasteiger partial charge is 0.271 e. The normalized spacial score (nSPS) is 10.7. The Balaban J connectivity index is 1.96. The van der Waals surface area contributed by atoms with Gasteiger partial charge in [0.25, 0.3) is 11.6 Å². The van der Waals surface area contributed by atoms with Gasteiger partial charge in [0.1, 0.15) is 5.75 Å². The Labute approximate surface area is 142 Å². The van der Waals surface area contributed by atoms with Crippen LogP contribution in [-0.2, 0) is 7.05 Å². The Hall–Kier alpha value is -3.49. The minimum Gasteiger partial charge on any atom is -0.495 e. The van der Waals surface area contributed by atoms with E-state index in [2.05, 4.69) is 15.4 Å². The standard InChI is InChI=1S/C16H15N5O4/c1-9-12-6-10(8-17-15(12)20(2)19-9)16(22)18-13-7-11(21(23)24)4-5-14(13)25-3/h4-8H,1-3H3,(H,18,22). The van der Waals surface area contributed by atoms with Gasteiger partial charge in [0, 0.05) is 30.8 Å². The van der Waals surface area contributed by atoms with Crippen LogP contribution in [0.3, 0.4) is 0 Å². The van der Waals surface area contributed by atoms with Crippen LogP contribution in [0.15, 0.2) is 30.5 Å². The van der Waals surface area contributed by atoms with Crippen molar-refractivity contribution in [3.8, 4) is 5.75 Å². The number of nitro groups is 1. The van der Waals surface area contributed by atoms with Gasteiger partial charge in [-0.1, -0.05) is 0 Å². The topological polar surface area (TPSA) is 112 Å². The third-order valence-electron chi connectivity index (χ3n) is 3.77. The Morgan fingerprint density at radius 1 is 1.36 bits per heavy atom. The highest BCUT2D eigenvalue weighted by Crippen LogP contribution is 2.29. The number of hydrogen-bond donors (Lipinski definition) is 1. The summed E-state index contributed by atoms with van der Waals surface area (Å²) in [7, 11) is 3.19. The molecule has 0 radical (unpaired) electrons. The lowest BCUT2D eigenvalue weighted by Gasteiger charge is -2.10. The zero-order valence-electron chi connectivity index (χ0n) is 13.8. The van der Waals surface area contributed by atoms with E-state index in [1.54, 1.807) is 17.8 Å². The minimum absolute atomic E-state index is 0.146. The first-order valence-corrected chi connectivity index (χ1v) is 7.34. The number of non-ortho nitro benzene ring substituents is 1. The molecule has 0 aliphatic rings. The molecule has 0 aliphatic heterocycles. The molecule has 0 spiro atoms. The van der Waals surface area contributed by atoms with Crippen molar-refractivity contribution in [2.45, 2.75) is 6.92 Å². The molecule has 0 saturated carbocycles. The van der Waals surface area contributed by atoms with Gasteiger partial charge in [-0.25, -0.2) is 4.98 Å². The van der Waals surface area contributed by atoms with Gasteiger partial charge in [-0.2, -0.15) is 5.10 Å². The van der Waals surface area contributed by atoms with E-state index < -0.39 is 10.8 Å². The van der Waals surface area contributed by atoms with Crippen LogP contribution < -0.4 is 10.1 Å². The fourth-order valence-electron chi connectivity index (χ4n) is 2.53. The van der Waals surface area contributed by atoms with Gasteiger partial charge in [-0.15, -0.1) is 0 Å². The van der Waals surface area contributed by atoms with Crippen LogP contribution in [0.2, 0.25) is 0 Å². The van der Waals surface area contributed by atoms with E-state index in [0.29, 0.717) is 17.0 Å². The minimum atomic E-state index is -0.540. The number of aryl methyl sites for hydroxylation is 2. The summed E-state index contributed by atoms with van der Waals surface area (Å²) in [5.41, 5.74) is 1.81. The number of nitro benzene ring substituents is 1. The summed E-state index contributed by atoms with van der Waals surface area (Å²) in [4.78, 5) is 27.2. The predicted octanol–water partition coefficient (Wildman–Crippen LogP) is 2.45. The average Bonchev–Trinajstić information content (AvgIpc) is 2.88. The number of aromatic nitrogens is 3. The zero-order chi connectivity index (χ0) is 18.1. The molecule has 1 aromatic carbocycles. The van der Waals surface area contributed by atoms with Crippen molar-refractivity contribution in [1.82, 2.24) is 14.8 Å². The van der Waals surface area contributed by atoms with Gasteiger partial charge in [-0.3, -0.25) is 19.6 Å². The number of rotatable bonds is 4. The molecule has 0 bridgehead atoms. The Kier molecular flexibility index (Phi) is 4.05. The number of nitrogens with one attached hydrogen (secondary N) is 1. The van der Waals surface area contributed by atoms with Crippen molar-refractivity contribution in [3.63, 3.8) is 0 Å². The molecule has 3 rings (SSSR count). The monoisotopic (exact) mass is 341 g/mol. The van der Waals surface area contributed by atoms with Crippen molar-refractivity contribution in [3.05, 3.63) is 51.8 Å². The lowest BCUT2D eigenvalue weighted by atomic mass is 10.2. The molecule has 2 heterocycles. The summed E-state index contributed by atoms with van der Waals surface area (Å²) in [6.07, 6.45) is 1.43.